The Morgan fingerprint density at radius 3 is 2.29 bits per heavy atom. The molecule has 0 atom stereocenters. The summed E-state index contributed by atoms with van der Waals surface area (Å²) < 4.78 is 5.90. The van der Waals surface area contributed by atoms with Crippen molar-refractivity contribution in [3.63, 3.8) is 0 Å². The Labute approximate surface area is 129 Å². The maximum Gasteiger partial charge on any atom is 0.188 e. The van der Waals surface area contributed by atoms with Gasteiger partial charge in [-0.1, -0.05) is 44.9 Å². The number of aliphatic imine (C=N–C) groups is 1. The first-order valence-electron chi connectivity index (χ1n) is 9.02. The number of hydrogen-bond acceptors (Lipinski definition) is 2. The molecule has 4 nitrogen and oxygen atoms in total. The van der Waals surface area contributed by atoms with E-state index in [1.807, 2.05) is 0 Å². The molecule has 2 rings (SSSR count). The summed E-state index contributed by atoms with van der Waals surface area (Å²) in [7, 11) is 0. The molecule has 2 fully saturated rings. The number of guanidine groups is 1. The van der Waals surface area contributed by atoms with Gasteiger partial charge in [0.25, 0.3) is 0 Å². The van der Waals surface area contributed by atoms with E-state index in [1.165, 1.54) is 70.6 Å². The normalized spacial score (nSPS) is 23.0. The van der Waals surface area contributed by atoms with Gasteiger partial charge in [0.2, 0.25) is 0 Å². The average molecular weight is 295 g/mol. The van der Waals surface area contributed by atoms with Gasteiger partial charge in [-0.3, -0.25) is 4.99 Å². The number of nitrogens with two attached hydrogens (primary N) is 1. The van der Waals surface area contributed by atoms with Gasteiger partial charge in [-0.2, -0.15) is 0 Å². The van der Waals surface area contributed by atoms with Crippen LogP contribution in [0.1, 0.15) is 77.0 Å². The van der Waals surface area contributed by atoms with Gasteiger partial charge < -0.3 is 15.8 Å². The molecule has 0 aromatic rings. The maximum absolute atomic E-state index is 5.98. The molecule has 0 amide bonds. The summed E-state index contributed by atoms with van der Waals surface area (Å²) in [5.41, 5.74) is 5.98. The number of nitrogens with one attached hydrogen (secondary N) is 1. The quantitative estimate of drug-likeness (QED) is 0.342. The molecule has 0 saturated heterocycles. The molecule has 122 valence electrons. The van der Waals surface area contributed by atoms with Gasteiger partial charge in [-0.15, -0.1) is 0 Å². The van der Waals surface area contributed by atoms with Crippen molar-refractivity contribution in [1.82, 2.24) is 5.32 Å². The highest BCUT2D eigenvalue weighted by molar-refractivity contribution is 5.78. The molecule has 0 spiro atoms. The number of rotatable bonds is 6. The summed E-state index contributed by atoms with van der Waals surface area (Å²) in [5, 5.41) is 3.39. The number of hydrogen-bond donors (Lipinski definition) is 2. The lowest BCUT2D eigenvalue weighted by Gasteiger charge is -2.21. The van der Waals surface area contributed by atoms with Gasteiger partial charge in [0.1, 0.15) is 0 Å². The zero-order chi connectivity index (χ0) is 14.8. The van der Waals surface area contributed by atoms with E-state index >= 15 is 0 Å². The highest BCUT2D eigenvalue weighted by Crippen LogP contribution is 2.20. The molecular weight excluding hydrogens is 262 g/mol. The van der Waals surface area contributed by atoms with Crippen molar-refractivity contribution in [3.8, 4) is 0 Å². The summed E-state index contributed by atoms with van der Waals surface area (Å²) in [5.74, 6) is 0.625. The van der Waals surface area contributed by atoms with Crippen LogP contribution in [0.2, 0.25) is 0 Å². The van der Waals surface area contributed by atoms with Crippen LogP contribution in [-0.2, 0) is 4.74 Å². The van der Waals surface area contributed by atoms with Crippen LogP contribution in [-0.4, -0.2) is 31.3 Å². The predicted octanol–water partition coefficient (Wildman–Crippen LogP) is 3.35. The molecule has 3 N–H and O–H groups in total. The first kappa shape index (κ1) is 16.6. The summed E-state index contributed by atoms with van der Waals surface area (Å²) >= 11 is 0. The second kappa shape index (κ2) is 10.0. The highest BCUT2D eigenvalue weighted by atomic mass is 16.5. The van der Waals surface area contributed by atoms with E-state index in [0.717, 1.165) is 19.6 Å². The fourth-order valence-corrected chi connectivity index (χ4v) is 3.42. The van der Waals surface area contributed by atoms with E-state index in [0.29, 0.717) is 18.1 Å². The first-order valence-corrected chi connectivity index (χ1v) is 9.02. The molecule has 0 bridgehead atoms. The lowest BCUT2D eigenvalue weighted by molar-refractivity contribution is 0.0281. The third kappa shape index (κ3) is 7.16. The first-order chi connectivity index (χ1) is 10.3. The molecule has 0 radical (unpaired) electrons. The summed E-state index contributed by atoms with van der Waals surface area (Å²) in [6, 6.07) is 0.537. The zero-order valence-electron chi connectivity index (χ0n) is 13.5. The van der Waals surface area contributed by atoms with Crippen LogP contribution in [0.25, 0.3) is 0 Å². The molecule has 21 heavy (non-hydrogen) atoms. The molecule has 0 aromatic heterocycles. The highest BCUT2D eigenvalue weighted by Gasteiger charge is 2.13. The van der Waals surface area contributed by atoms with Crippen LogP contribution in [0.3, 0.4) is 0 Å². The van der Waals surface area contributed by atoms with E-state index in [4.69, 9.17) is 10.5 Å². The average Bonchev–Trinajstić information content (AvgIpc) is 2.76. The van der Waals surface area contributed by atoms with E-state index in [-0.39, 0.29) is 0 Å². The topological polar surface area (TPSA) is 59.6 Å². The largest absolute Gasteiger partial charge is 0.378 e. The lowest BCUT2D eigenvalue weighted by atomic mass is 9.98. The maximum atomic E-state index is 5.98. The Kier molecular flexibility index (Phi) is 7.94. The molecule has 2 aliphatic rings. The minimum absolute atomic E-state index is 0.504. The summed E-state index contributed by atoms with van der Waals surface area (Å²) in [4.78, 5) is 4.43. The minimum Gasteiger partial charge on any atom is -0.378 e. The Morgan fingerprint density at radius 2 is 1.57 bits per heavy atom. The van der Waals surface area contributed by atoms with E-state index < -0.39 is 0 Å². The molecule has 0 heterocycles. The van der Waals surface area contributed by atoms with E-state index in [9.17, 15) is 0 Å². The number of nitrogens with zero attached hydrogens (tertiary/aromatic N) is 1. The molecule has 0 aromatic carbocycles. The van der Waals surface area contributed by atoms with Crippen LogP contribution in [0.5, 0.6) is 0 Å². The van der Waals surface area contributed by atoms with Gasteiger partial charge in [-0.05, 0) is 32.1 Å². The Balaban J connectivity index is 1.53. The fourth-order valence-electron chi connectivity index (χ4n) is 3.42. The lowest BCUT2D eigenvalue weighted by Crippen LogP contribution is -2.39. The predicted molar refractivity (Wildman–Crippen MR) is 88.6 cm³/mol. The second-order valence-corrected chi connectivity index (χ2v) is 6.58. The van der Waals surface area contributed by atoms with Gasteiger partial charge in [0, 0.05) is 19.2 Å². The van der Waals surface area contributed by atoms with Crippen molar-refractivity contribution in [1.29, 1.82) is 0 Å². The third-order valence-corrected chi connectivity index (χ3v) is 4.70. The van der Waals surface area contributed by atoms with Gasteiger partial charge in [-0.25, -0.2) is 0 Å². The third-order valence-electron chi connectivity index (χ3n) is 4.70. The van der Waals surface area contributed by atoms with Crippen LogP contribution < -0.4 is 11.1 Å². The minimum atomic E-state index is 0.504. The standard InChI is InChI=1S/C17H33N3O/c18-17(20-15-9-4-1-2-5-10-15)19-13-8-14-21-16-11-6-3-7-12-16/h15-16H,1-14H2,(H3,18,19,20). The van der Waals surface area contributed by atoms with Crippen molar-refractivity contribution in [2.75, 3.05) is 13.2 Å². The summed E-state index contributed by atoms with van der Waals surface area (Å²) in [6.45, 7) is 1.60. The molecule has 4 heteroatoms. The molecule has 2 aliphatic carbocycles. The Hall–Kier alpha value is -0.770. The Bertz CT molecular complexity index is 292. The van der Waals surface area contributed by atoms with E-state index in [1.54, 1.807) is 0 Å². The van der Waals surface area contributed by atoms with Crippen molar-refractivity contribution in [2.45, 2.75) is 89.2 Å². The zero-order valence-corrected chi connectivity index (χ0v) is 13.5. The number of ether oxygens (including phenoxy) is 1. The monoisotopic (exact) mass is 295 g/mol. The summed E-state index contributed by atoms with van der Waals surface area (Å²) in [6.07, 6.45) is 15.9. The fraction of sp³-hybridized carbons (Fsp3) is 0.941. The van der Waals surface area contributed by atoms with E-state index in [2.05, 4.69) is 10.3 Å². The molecule has 0 aliphatic heterocycles. The molecular formula is C17H33N3O. The molecule has 2 saturated carbocycles. The van der Waals surface area contributed by atoms with Crippen molar-refractivity contribution in [2.24, 2.45) is 10.7 Å². The van der Waals surface area contributed by atoms with Crippen molar-refractivity contribution >= 4 is 5.96 Å². The molecule has 0 unspecified atom stereocenters. The van der Waals surface area contributed by atoms with Crippen molar-refractivity contribution < 1.29 is 4.74 Å². The van der Waals surface area contributed by atoms with Crippen LogP contribution >= 0.6 is 0 Å². The van der Waals surface area contributed by atoms with Crippen LogP contribution in [0, 0.1) is 0 Å². The van der Waals surface area contributed by atoms with Gasteiger partial charge in [0.05, 0.1) is 6.10 Å². The SMILES string of the molecule is NC(=NCCCOC1CCCCC1)NC1CCCCCC1. The smallest absolute Gasteiger partial charge is 0.188 e. The Morgan fingerprint density at radius 1 is 0.952 bits per heavy atom. The van der Waals surface area contributed by atoms with Gasteiger partial charge >= 0.3 is 0 Å². The van der Waals surface area contributed by atoms with Gasteiger partial charge in [0.15, 0.2) is 5.96 Å². The van der Waals surface area contributed by atoms with Crippen LogP contribution in [0.4, 0.5) is 0 Å². The van der Waals surface area contributed by atoms with Crippen LogP contribution in [0.15, 0.2) is 4.99 Å². The second-order valence-electron chi connectivity index (χ2n) is 6.58. The van der Waals surface area contributed by atoms with Crippen molar-refractivity contribution in [3.05, 3.63) is 0 Å².